The summed E-state index contributed by atoms with van der Waals surface area (Å²) in [5, 5.41) is 10.8. The number of aromatic nitrogens is 1. The quantitative estimate of drug-likeness (QED) is 0.299. The summed E-state index contributed by atoms with van der Waals surface area (Å²) < 4.78 is 31.5. The summed E-state index contributed by atoms with van der Waals surface area (Å²) in [7, 11) is 3.12. The SMILES string of the molecule is COc1cc2nccc(Oc3ccc(N(C(=O)O)C(C)c4ccccc4F)c(C)c3C)c2cc1OC. The summed E-state index contributed by atoms with van der Waals surface area (Å²) in [6, 6.07) is 14.2. The number of rotatable bonds is 7. The highest BCUT2D eigenvalue weighted by molar-refractivity contribution is 5.90. The monoisotopic (exact) mass is 490 g/mol. The van der Waals surface area contributed by atoms with Gasteiger partial charge in [0.1, 0.15) is 17.3 Å². The minimum Gasteiger partial charge on any atom is -0.493 e. The molecule has 4 aromatic rings. The molecule has 0 aliphatic heterocycles. The van der Waals surface area contributed by atoms with Crippen LogP contribution in [0.4, 0.5) is 14.9 Å². The van der Waals surface area contributed by atoms with Crippen LogP contribution < -0.4 is 19.1 Å². The van der Waals surface area contributed by atoms with Crippen molar-refractivity contribution in [1.29, 1.82) is 0 Å². The average molecular weight is 491 g/mol. The summed E-state index contributed by atoms with van der Waals surface area (Å²) in [6.45, 7) is 5.34. The lowest BCUT2D eigenvalue weighted by Crippen LogP contribution is -2.33. The molecule has 1 heterocycles. The maximum Gasteiger partial charge on any atom is 0.412 e. The first kappa shape index (κ1) is 24.8. The Morgan fingerprint density at radius 3 is 2.31 bits per heavy atom. The molecule has 0 fully saturated rings. The molecular weight excluding hydrogens is 463 g/mol. The number of amides is 1. The zero-order valence-corrected chi connectivity index (χ0v) is 20.7. The number of pyridine rings is 1. The van der Waals surface area contributed by atoms with Crippen LogP contribution in [-0.2, 0) is 0 Å². The lowest BCUT2D eigenvalue weighted by molar-refractivity contribution is 0.199. The highest BCUT2D eigenvalue weighted by atomic mass is 19.1. The van der Waals surface area contributed by atoms with Crippen molar-refractivity contribution in [3.05, 3.63) is 83.3 Å². The lowest BCUT2D eigenvalue weighted by Gasteiger charge is -2.29. The van der Waals surface area contributed by atoms with Crippen molar-refractivity contribution in [1.82, 2.24) is 4.98 Å². The maximum absolute atomic E-state index is 14.4. The predicted molar refractivity (Wildman–Crippen MR) is 136 cm³/mol. The number of fused-ring (bicyclic) bond motifs is 1. The molecule has 0 aliphatic rings. The van der Waals surface area contributed by atoms with Gasteiger partial charge in [0, 0.05) is 23.2 Å². The normalized spacial score (nSPS) is 11.7. The Balaban J connectivity index is 1.74. The number of hydrogen-bond donors (Lipinski definition) is 1. The van der Waals surface area contributed by atoms with E-state index in [1.54, 1.807) is 75.9 Å². The molecule has 0 radical (unpaired) electrons. The second-order valence-corrected chi connectivity index (χ2v) is 8.32. The average Bonchev–Trinajstić information content (AvgIpc) is 2.87. The van der Waals surface area contributed by atoms with E-state index in [1.807, 2.05) is 13.8 Å². The van der Waals surface area contributed by atoms with Crippen molar-refractivity contribution >= 4 is 22.7 Å². The van der Waals surface area contributed by atoms with Gasteiger partial charge in [0.05, 0.1) is 31.5 Å². The van der Waals surface area contributed by atoms with Crippen LogP contribution in [0.3, 0.4) is 0 Å². The highest BCUT2D eigenvalue weighted by Gasteiger charge is 2.27. The molecule has 0 saturated carbocycles. The summed E-state index contributed by atoms with van der Waals surface area (Å²) in [5.74, 6) is 1.77. The summed E-state index contributed by atoms with van der Waals surface area (Å²) >= 11 is 0. The van der Waals surface area contributed by atoms with Gasteiger partial charge >= 0.3 is 6.09 Å². The van der Waals surface area contributed by atoms with Crippen molar-refractivity contribution in [3.8, 4) is 23.0 Å². The molecule has 3 aromatic carbocycles. The smallest absolute Gasteiger partial charge is 0.412 e. The number of nitrogens with zero attached hydrogens (tertiary/aromatic N) is 2. The molecule has 1 atom stereocenters. The van der Waals surface area contributed by atoms with Crippen LogP contribution in [0.2, 0.25) is 0 Å². The Morgan fingerprint density at radius 2 is 1.64 bits per heavy atom. The van der Waals surface area contributed by atoms with Gasteiger partial charge in [-0.1, -0.05) is 18.2 Å². The van der Waals surface area contributed by atoms with Gasteiger partial charge in [0.15, 0.2) is 11.5 Å². The first-order valence-electron chi connectivity index (χ1n) is 11.3. The molecule has 4 rings (SSSR count). The minimum absolute atomic E-state index is 0.296. The molecule has 0 spiro atoms. The van der Waals surface area contributed by atoms with Crippen molar-refractivity contribution < 1.29 is 28.5 Å². The molecular formula is C28H27FN2O5. The second-order valence-electron chi connectivity index (χ2n) is 8.32. The van der Waals surface area contributed by atoms with Crippen LogP contribution in [0.1, 0.15) is 29.7 Å². The number of hydrogen-bond acceptors (Lipinski definition) is 5. The molecule has 0 bridgehead atoms. The van der Waals surface area contributed by atoms with Crippen LogP contribution >= 0.6 is 0 Å². The van der Waals surface area contributed by atoms with E-state index < -0.39 is 18.0 Å². The number of carboxylic acid groups (broad SMARTS) is 1. The van der Waals surface area contributed by atoms with E-state index in [9.17, 15) is 14.3 Å². The molecule has 1 amide bonds. The first-order chi connectivity index (χ1) is 17.3. The minimum atomic E-state index is -1.18. The lowest BCUT2D eigenvalue weighted by atomic mass is 10.0. The number of anilines is 1. The third kappa shape index (κ3) is 4.49. The Kier molecular flexibility index (Phi) is 6.96. The largest absolute Gasteiger partial charge is 0.493 e. The van der Waals surface area contributed by atoms with Gasteiger partial charge in [0.25, 0.3) is 0 Å². The van der Waals surface area contributed by atoms with E-state index in [0.717, 1.165) is 10.9 Å². The van der Waals surface area contributed by atoms with E-state index >= 15 is 0 Å². The fraction of sp³-hybridized carbons (Fsp3) is 0.214. The fourth-order valence-electron chi connectivity index (χ4n) is 4.24. The zero-order valence-electron chi connectivity index (χ0n) is 20.7. The molecule has 1 aromatic heterocycles. The Morgan fingerprint density at radius 1 is 0.944 bits per heavy atom. The van der Waals surface area contributed by atoms with Gasteiger partial charge in [-0.05, 0) is 62.2 Å². The van der Waals surface area contributed by atoms with E-state index in [4.69, 9.17) is 14.2 Å². The van der Waals surface area contributed by atoms with Crippen molar-refractivity contribution in [2.24, 2.45) is 0 Å². The number of halogens is 1. The van der Waals surface area contributed by atoms with Crippen LogP contribution in [-0.4, -0.2) is 30.4 Å². The predicted octanol–water partition coefficient (Wildman–Crippen LogP) is 7.05. The topological polar surface area (TPSA) is 81.1 Å². The number of ether oxygens (including phenoxy) is 3. The van der Waals surface area contributed by atoms with Gasteiger partial charge in [-0.25, -0.2) is 9.18 Å². The number of carbonyl (C=O) groups is 1. The summed E-state index contributed by atoms with van der Waals surface area (Å²) in [4.78, 5) is 17.8. The van der Waals surface area contributed by atoms with E-state index in [0.29, 0.717) is 45.3 Å². The molecule has 0 saturated heterocycles. The Labute approximate surface area is 208 Å². The number of benzene rings is 3. The molecule has 36 heavy (non-hydrogen) atoms. The number of methoxy groups -OCH3 is 2. The first-order valence-corrected chi connectivity index (χ1v) is 11.3. The van der Waals surface area contributed by atoms with Crippen LogP contribution in [0.25, 0.3) is 10.9 Å². The molecule has 8 heteroatoms. The van der Waals surface area contributed by atoms with E-state index in [1.165, 1.54) is 11.0 Å². The van der Waals surface area contributed by atoms with Gasteiger partial charge in [-0.2, -0.15) is 0 Å². The Bertz CT molecular complexity index is 1440. The van der Waals surface area contributed by atoms with Crippen LogP contribution in [0.5, 0.6) is 23.0 Å². The van der Waals surface area contributed by atoms with Gasteiger partial charge in [-0.15, -0.1) is 0 Å². The Hall–Kier alpha value is -4.33. The third-order valence-electron chi connectivity index (χ3n) is 6.34. The second kappa shape index (κ2) is 10.1. The van der Waals surface area contributed by atoms with Crippen molar-refractivity contribution in [2.75, 3.05) is 19.1 Å². The summed E-state index contributed by atoms with van der Waals surface area (Å²) in [5.41, 5.74) is 2.88. The standard InChI is InChI=1S/C28H27FN2O5/c1-16-17(2)24(36-25-12-13-30-22-15-27(35-5)26(34-4)14-20(22)25)11-10-23(16)31(28(32)33)18(3)19-8-6-7-9-21(19)29/h6-15,18H,1-5H3,(H,32,33). The molecule has 186 valence electrons. The third-order valence-corrected chi connectivity index (χ3v) is 6.34. The summed E-state index contributed by atoms with van der Waals surface area (Å²) in [6.07, 6.45) is 0.464. The molecule has 7 nitrogen and oxygen atoms in total. The molecule has 0 aliphatic carbocycles. The van der Waals surface area contributed by atoms with E-state index in [2.05, 4.69) is 4.98 Å². The van der Waals surface area contributed by atoms with Gasteiger partial charge < -0.3 is 19.3 Å². The zero-order chi connectivity index (χ0) is 26.0. The van der Waals surface area contributed by atoms with Gasteiger partial charge in [0.2, 0.25) is 0 Å². The fourth-order valence-corrected chi connectivity index (χ4v) is 4.24. The molecule has 1 unspecified atom stereocenters. The van der Waals surface area contributed by atoms with Crippen molar-refractivity contribution in [3.63, 3.8) is 0 Å². The maximum atomic E-state index is 14.4. The van der Waals surface area contributed by atoms with E-state index in [-0.39, 0.29) is 0 Å². The van der Waals surface area contributed by atoms with Crippen molar-refractivity contribution in [2.45, 2.75) is 26.8 Å². The highest BCUT2D eigenvalue weighted by Crippen LogP contribution is 2.40. The molecule has 1 N–H and O–H groups in total. The van der Waals surface area contributed by atoms with Crippen LogP contribution in [0.15, 0.2) is 60.8 Å². The van der Waals surface area contributed by atoms with Gasteiger partial charge in [-0.3, -0.25) is 9.88 Å². The van der Waals surface area contributed by atoms with Crippen LogP contribution in [0, 0.1) is 19.7 Å².